The molecule has 0 aliphatic heterocycles. The molecule has 14 heavy (non-hydrogen) atoms. The lowest BCUT2D eigenvalue weighted by molar-refractivity contribution is 0.574. The van der Waals surface area contributed by atoms with E-state index in [1.165, 1.54) is 0 Å². The van der Waals surface area contributed by atoms with Crippen LogP contribution in [0.15, 0.2) is 0 Å². The maximum absolute atomic E-state index is 6.01. The maximum atomic E-state index is 6.01. The van der Waals surface area contributed by atoms with Crippen LogP contribution in [0.2, 0.25) is 5.15 Å². The summed E-state index contributed by atoms with van der Waals surface area (Å²) in [6.07, 6.45) is 2.90. The number of nitrogens with two attached hydrogens (primary N) is 1. The minimum absolute atomic E-state index is 0.00259. The molecule has 0 spiro atoms. The summed E-state index contributed by atoms with van der Waals surface area (Å²) >= 11 is 6.01. The van der Waals surface area contributed by atoms with E-state index in [1.54, 1.807) is 0 Å². The monoisotopic (exact) mass is 215 g/mol. The molecule has 0 aliphatic rings. The highest BCUT2D eigenvalue weighted by atomic mass is 35.5. The summed E-state index contributed by atoms with van der Waals surface area (Å²) < 4.78 is 2.02. The van der Waals surface area contributed by atoms with Gasteiger partial charge in [-0.15, -0.1) is 0 Å². The van der Waals surface area contributed by atoms with Gasteiger partial charge in [0.25, 0.3) is 0 Å². The van der Waals surface area contributed by atoms with Crippen molar-refractivity contribution in [1.82, 2.24) is 9.55 Å². The third kappa shape index (κ3) is 2.10. The van der Waals surface area contributed by atoms with Crippen LogP contribution in [0.5, 0.6) is 0 Å². The van der Waals surface area contributed by atoms with Gasteiger partial charge in [-0.05, 0) is 12.8 Å². The van der Waals surface area contributed by atoms with Crippen molar-refractivity contribution in [2.24, 2.45) is 12.8 Å². The van der Waals surface area contributed by atoms with Gasteiger partial charge in [-0.3, -0.25) is 0 Å². The van der Waals surface area contributed by atoms with Crippen molar-refractivity contribution in [2.75, 3.05) is 0 Å². The number of nitrogens with zero attached hydrogens (tertiary/aromatic N) is 2. The summed E-state index contributed by atoms with van der Waals surface area (Å²) in [7, 11) is 1.97. The molecule has 1 heterocycles. The lowest BCUT2D eigenvalue weighted by Crippen LogP contribution is -2.15. The fraction of sp³-hybridized carbons (Fsp3) is 0.700. The number of rotatable bonds is 4. The molecule has 0 fully saturated rings. The van der Waals surface area contributed by atoms with Crippen LogP contribution in [0.1, 0.15) is 44.2 Å². The second-order valence-corrected chi connectivity index (χ2v) is 3.87. The van der Waals surface area contributed by atoms with Gasteiger partial charge in [0, 0.05) is 7.05 Å². The molecule has 0 aliphatic carbocycles. The predicted molar refractivity (Wildman–Crippen MR) is 59.4 cm³/mol. The van der Waals surface area contributed by atoms with Crippen molar-refractivity contribution in [1.29, 1.82) is 0 Å². The second kappa shape index (κ2) is 4.80. The highest BCUT2D eigenvalue weighted by Gasteiger charge is 2.16. The summed E-state index contributed by atoms with van der Waals surface area (Å²) in [5.41, 5.74) is 7.06. The molecule has 0 amide bonds. The van der Waals surface area contributed by atoms with Crippen LogP contribution < -0.4 is 5.73 Å². The Hall–Kier alpha value is -0.540. The van der Waals surface area contributed by atoms with E-state index in [-0.39, 0.29) is 6.04 Å². The van der Waals surface area contributed by atoms with Crippen LogP contribution in [0.4, 0.5) is 0 Å². The van der Waals surface area contributed by atoms with Crippen molar-refractivity contribution in [2.45, 2.75) is 39.2 Å². The maximum Gasteiger partial charge on any atom is 0.150 e. The summed E-state index contributed by atoms with van der Waals surface area (Å²) in [6.45, 7) is 4.18. The third-order valence-electron chi connectivity index (χ3n) is 2.47. The molecule has 1 unspecified atom stereocenters. The van der Waals surface area contributed by atoms with Crippen LogP contribution in [0.3, 0.4) is 0 Å². The Morgan fingerprint density at radius 2 is 2.14 bits per heavy atom. The predicted octanol–water partition coefficient (Wildman–Crippen LogP) is 2.44. The molecular weight excluding hydrogens is 198 g/mol. The number of halogens is 1. The summed E-state index contributed by atoms with van der Waals surface area (Å²) in [6, 6.07) is 0.00259. The first-order valence-electron chi connectivity index (χ1n) is 5.08. The van der Waals surface area contributed by atoms with E-state index in [0.29, 0.717) is 5.15 Å². The van der Waals surface area contributed by atoms with Gasteiger partial charge in [0.05, 0.1) is 11.7 Å². The molecule has 0 saturated heterocycles. The lowest BCUT2D eigenvalue weighted by Gasteiger charge is -2.10. The van der Waals surface area contributed by atoms with E-state index in [9.17, 15) is 0 Å². The van der Waals surface area contributed by atoms with E-state index < -0.39 is 0 Å². The largest absolute Gasteiger partial charge is 0.332 e. The summed E-state index contributed by atoms with van der Waals surface area (Å²) in [5, 5.41) is 0.594. The van der Waals surface area contributed by atoms with E-state index in [2.05, 4.69) is 18.8 Å². The quantitative estimate of drug-likeness (QED) is 0.839. The fourth-order valence-electron chi connectivity index (χ4n) is 1.67. The topological polar surface area (TPSA) is 43.8 Å². The number of hydrogen-bond acceptors (Lipinski definition) is 2. The van der Waals surface area contributed by atoms with Crippen molar-refractivity contribution in [3.8, 4) is 0 Å². The minimum Gasteiger partial charge on any atom is -0.332 e. The fourth-order valence-corrected chi connectivity index (χ4v) is 2.02. The SMILES string of the molecule is CCCC(N)c1nc(Cl)c(CC)n1C. The van der Waals surface area contributed by atoms with Gasteiger partial charge in [-0.1, -0.05) is 31.9 Å². The van der Waals surface area contributed by atoms with Crippen LogP contribution in [-0.2, 0) is 13.5 Å². The highest BCUT2D eigenvalue weighted by molar-refractivity contribution is 6.30. The summed E-state index contributed by atoms with van der Waals surface area (Å²) in [4.78, 5) is 4.30. The zero-order chi connectivity index (χ0) is 10.7. The molecule has 1 rings (SSSR count). The van der Waals surface area contributed by atoms with Gasteiger partial charge in [0.15, 0.2) is 5.15 Å². The Labute approximate surface area is 90.3 Å². The Morgan fingerprint density at radius 1 is 1.50 bits per heavy atom. The average molecular weight is 216 g/mol. The van der Waals surface area contributed by atoms with Gasteiger partial charge in [-0.25, -0.2) is 4.98 Å². The van der Waals surface area contributed by atoms with Gasteiger partial charge < -0.3 is 10.3 Å². The Kier molecular flexibility index (Phi) is 3.96. The van der Waals surface area contributed by atoms with Gasteiger partial charge in [-0.2, -0.15) is 0 Å². The summed E-state index contributed by atoms with van der Waals surface area (Å²) in [5.74, 6) is 0.897. The molecule has 0 saturated carbocycles. The molecule has 1 aromatic heterocycles. The third-order valence-corrected chi connectivity index (χ3v) is 2.77. The van der Waals surface area contributed by atoms with E-state index in [0.717, 1.165) is 30.8 Å². The van der Waals surface area contributed by atoms with E-state index >= 15 is 0 Å². The molecule has 0 bridgehead atoms. The van der Waals surface area contributed by atoms with Gasteiger partial charge in [0.1, 0.15) is 5.82 Å². The second-order valence-electron chi connectivity index (χ2n) is 3.52. The Morgan fingerprint density at radius 3 is 2.57 bits per heavy atom. The molecule has 0 radical (unpaired) electrons. The lowest BCUT2D eigenvalue weighted by atomic mass is 10.2. The standard InChI is InChI=1S/C10H18ClN3/c1-4-6-7(12)10-13-9(11)8(5-2)14(10)3/h7H,4-6,12H2,1-3H3. The Bertz CT molecular complexity index is 307. The van der Waals surface area contributed by atoms with E-state index in [1.807, 2.05) is 11.6 Å². The number of aromatic nitrogens is 2. The van der Waals surface area contributed by atoms with Crippen LogP contribution in [0, 0.1) is 0 Å². The van der Waals surface area contributed by atoms with Crippen molar-refractivity contribution < 1.29 is 0 Å². The molecule has 80 valence electrons. The average Bonchev–Trinajstić information content (AvgIpc) is 2.42. The first-order valence-corrected chi connectivity index (χ1v) is 5.46. The molecular formula is C10H18ClN3. The molecule has 3 nitrogen and oxygen atoms in total. The van der Waals surface area contributed by atoms with E-state index in [4.69, 9.17) is 17.3 Å². The van der Waals surface area contributed by atoms with Crippen molar-refractivity contribution in [3.63, 3.8) is 0 Å². The van der Waals surface area contributed by atoms with Crippen molar-refractivity contribution >= 4 is 11.6 Å². The van der Waals surface area contributed by atoms with Gasteiger partial charge in [0.2, 0.25) is 0 Å². The van der Waals surface area contributed by atoms with Crippen LogP contribution in [-0.4, -0.2) is 9.55 Å². The van der Waals surface area contributed by atoms with Gasteiger partial charge >= 0.3 is 0 Å². The number of imidazole rings is 1. The molecule has 1 aromatic rings. The van der Waals surface area contributed by atoms with Crippen molar-refractivity contribution in [3.05, 3.63) is 16.7 Å². The first kappa shape index (κ1) is 11.5. The molecule has 0 aromatic carbocycles. The van der Waals surface area contributed by atoms with Crippen LogP contribution >= 0.6 is 11.6 Å². The Balaban J connectivity index is 2.98. The molecule has 1 atom stereocenters. The number of hydrogen-bond donors (Lipinski definition) is 1. The zero-order valence-corrected chi connectivity index (χ0v) is 9.80. The highest BCUT2D eigenvalue weighted by Crippen LogP contribution is 2.22. The smallest absolute Gasteiger partial charge is 0.150 e. The molecule has 4 heteroatoms. The zero-order valence-electron chi connectivity index (χ0n) is 9.05. The normalized spacial score (nSPS) is 13.2. The molecule has 2 N–H and O–H groups in total. The first-order chi connectivity index (χ1) is 6.61. The van der Waals surface area contributed by atoms with Crippen LogP contribution in [0.25, 0.3) is 0 Å². The minimum atomic E-state index is 0.00259.